The summed E-state index contributed by atoms with van der Waals surface area (Å²) in [4.78, 5) is 0. The maximum Gasteiger partial charge on any atom is 0.127 e. The van der Waals surface area contributed by atoms with E-state index in [0.29, 0.717) is 6.04 Å². The van der Waals surface area contributed by atoms with Crippen LogP contribution < -0.4 is 5.32 Å². The van der Waals surface area contributed by atoms with E-state index in [4.69, 9.17) is 5.26 Å². The van der Waals surface area contributed by atoms with Gasteiger partial charge in [0.15, 0.2) is 0 Å². The lowest BCUT2D eigenvalue weighted by molar-refractivity contribution is 0.304. The van der Waals surface area contributed by atoms with Crippen molar-refractivity contribution in [3.63, 3.8) is 0 Å². The van der Waals surface area contributed by atoms with Crippen molar-refractivity contribution in [3.8, 4) is 6.07 Å². The molecule has 2 aliphatic carbocycles. The monoisotopic (exact) mass is 261 g/mol. The summed E-state index contributed by atoms with van der Waals surface area (Å²) < 4.78 is 4.27. The summed E-state index contributed by atoms with van der Waals surface area (Å²) in [6.45, 7) is 4.17. The van der Waals surface area contributed by atoms with Crippen molar-refractivity contribution in [2.75, 3.05) is 5.32 Å². The summed E-state index contributed by atoms with van der Waals surface area (Å²) in [5.41, 5.74) is 1.58. The van der Waals surface area contributed by atoms with E-state index in [1.54, 1.807) is 0 Å². The lowest BCUT2D eigenvalue weighted by atomic mass is 9.84. The zero-order valence-electron chi connectivity index (χ0n) is 10.9. The van der Waals surface area contributed by atoms with Gasteiger partial charge in [-0.3, -0.25) is 0 Å². The summed E-state index contributed by atoms with van der Waals surface area (Å²) >= 11 is 1.42. The number of nitriles is 1. The Labute approximate surface area is 112 Å². The van der Waals surface area contributed by atoms with Crippen molar-refractivity contribution in [1.29, 1.82) is 5.26 Å². The topological polar surface area (TPSA) is 48.7 Å². The summed E-state index contributed by atoms with van der Waals surface area (Å²) in [5, 5.41) is 13.7. The van der Waals surface area contributed by atoms with Crippen molar-refractivity contribution in [2.45, 2.75) is 45.6 Å². The Hall–Kier alpha value is -1.08. The normalized spacial score (nSPS) is 31.3. The van der Waals surface area contributed by atoms with Gasteiger partial charge in [0.25, 0.3) is 0 Å². The molecule has 96 valence electrons. The molecule has 0 aliphatic heterocycles. The van der Waals surface area contributed by atoms with Crippen LogP contribution in [0, 0.1) is 36.0 Å². The highest BCUT2D eigenvalue weighted by Crippen LogP contribution is 2.50. The second-order valence-corrected chi connectivity index (χ2v) is 6.63. The first-order valence-electron chi connectivity index (χ1n) is 6.82. The van der Waals surface area contributed by atoms with E-state index < -0.39 is 0 Å². The number of aryl methyl sites for hydroxylation is 1. The molecule has 2 saturated carbocycles. The molecule has 0 aromatic carbocycles. The Morgan fingerprint density at radius 3 is 2.89 bits per heavy atom. The van der Waals surface area contributed by atoms with Crippen molar-refractivity contribution in [2.24, 2.45) is 17.8 Å². The first kappa shape index (κ1) is 12.0. The molecule has 2 aliphatic rings. The molecule has 1 aromatic rings. The Kier molecular flexibility index (Phi) is 3.03. The van der Waals surface area contributed by atoms with Crippen LogP contribution in [0.4, 0.5) is 5.00 Å². The minimum absolute atomic E-state index is 0.465. The number of aromatic nitrogens is 1. The maximum atomic E-state index is 9.15. The fourth-order valence-corrected chi connectivity index (χ4v) is 4.66. The van der Waals surface area contributed by atoms with Crippen molar-refractivity contribution in [1.82, 2.24) is 4.37 Å². The summed E-state index contributed by atoms with van der Waals surface area (Å²) in [7, 11) is 0. The van der Waals surface area contributed by atoms with Gasteiger partial charge >= 0.3 is 0 Å². The van der Waals surface area contributed by atoms with E-state index in [9.17, 15) is 0 Å². The average Bonchev–Trinajstić information content (AvgIpc) is 3.04. The summed E-state index contributed by atoms with van der Waals surface area (Å²) in [6.07, 6.45) is 5.66. The lowest BCUT2D eigenvalue weighted by Crippen LogP contribution is -2.29. The molecule has 3 rings (SSSR count). The third-order valence-corrected chi connectivity index (χ3v) is 5.64. The Morgan fingerprint density at radius 1 is 1.44 bits per heavy atom. The van der Waals surface area contributed by atoms with E-state index in [1.165, 1.54) is 37.2 Å². The SMILES string of the molecule is Cc1nsc(NC(C)C2CC3CCC2C3)c1C#N. The highest BCUT2D eigenvalue weighted by atomic mass is 32.1. The van der Waals surface area contributed by atoms with Crippen LogP contribution >= 0.6 is 11.5 Å². The number of nitrogens with zero attached hydrogens (tertiary/aromatic N) is 2. The van der Waals surface area contributed by atoms with E-state index in [-0.39, 0.29) is 0 Å². The molecular formula is C14H19N3S. The third kappa shape index (κ3) is 1.91. The van der Waals surface area contributed by atoms with Gasteiger partial charge in [0.05, 0.1) is 5.69 Å². The van der Waals surface area contributed by atoms with E-state index in [2.05, 4.69) is 22.7 Å². The highest BCUT2D eigenvalue weighted by molar-refractivity contribution is 7.10. The molecule has 1 heterocycles. The third-order valence-electron chi connectivity index (χ3n) is 4.77. The van der Waals surface area contributed by atoms with Gasteiger partial charge < -0.3 is 5.32 Å². The second kappa shape index (κ2) is 4.55. The van der Waals surface area contributed by atoms with Gasteiger partial charge in [-0.25, -0.2) is 0 Å². The van der Waals surface area contributed by atoms with E-state index in [1.807, 2.05) is 6.92 Å². The smallest absolute Gasteiger partial charge is 0.127 e. The average molecular weight is 261 g/mol. The minimum Gasteiger partial charge on any atom is -0.372 e. The van der Waals surface area contributed by atoms with Gasteiger partial charge in [0, 0.05) is 6.04 Å². The zero-order chi connectivity index (χ0) is 12.7. The fraction of sp³-hybridized carbons (Fsp3) is 0.714. The predicted molar refractivity (Wildman–Crippen MR) is 73.6 cm³/mol. The Balaban J connectivity index is 1.71. The molecule has 4 heteroatoms. The largest absolute Gasteiger partial charge is 0.372 e. The van der Waals surface area contributed by atoms with Crippen LogP contribution in [-0.2, 0) is 0 Å². The fourth-order valence-electron chi connectivity index (χ4n) is 3.82. The predicted octanol–water partition coefficient (Wildman–Crippen LogP) is 3.56. The molecule has 4 unspecified atom stereocenters. The molecular weight excluding hydrogens is 242 g/mol. The molecule has 18 heavy (non-hydrogen) atoms. The van der Waals surface area contributed by atoms with E-state index >= 15 is 0 Å². The first-order chi connectivity index (χ1) is 8.69. The van der Waals surface area contributed by atoms with E-state index in [0.717, 1.165) is 34.0 Å². The van der Waals surface area contributed by atoms with Gasteiger partial charge in [0.2, 0.25) is 0 Å². The van der Waals surface area contributed by atoms with Crippen LogP contribution in [0.5, 0.6) is 0 Å². The molecule has 0 spiro atoms. The Bertz CT molecular complexity index is 488. The van der Waals surface area contributed by atoms with Crippen molar-refractivity contribution >= 4 is 16.5 Å². The van der Waals surface area contributed by atoms with Gasteiger partial charge in [-0.15, -0.1) is 0 Å². The lowest BCUT2D eigenvalue weighted by Gasteiger charge is -2.28. The Morgan fingerprint density at radius 2 is 2.28 bits per heavy atom. The number of fused-ring (bicyclic) bond motifs is 2. The molecule has 2 fully saturated rings. The highest BCUT2D eigenvalue weighted by Gasteiger charge is 2.41. The van der Waals surface area contributed by atoms with Crippen LogP contribution in [0.25, 0.3) is 0 Å². The zero-order valence-corrected chi connectivity index (χ0v) is 11.8. The molecule has 0 radical (unpaired) electrons. The van der Waals surface area contributed by atoms with Crippen molar-refractivity contribution < 1.29 is 0 Å². The van der Waals surface area contributed by atoms with Gasteiger partial charge in [-0.05, 0) is 62.4 Å². The molecule has 0 saturated heterocycles. The number of anilines is 1. The number of hydrogen-bond acceptors (Lipinski definition) is 4. The molecule has 1 N–H and O–H groups in total. The van der Waals surface area contributed by atoms with Crippen LogP contribution in [0.3, 0.4) is 0 Å². The molecule has 3 nitrogen and oxygen atoms in total. The molecule has 0 amide bonds. The van der Waals surface area contributed by atoms with Crippen LogP contribution in [-0.4, -0.2) is 10.4 Å². The second-order valence-electron chi connectivity index (χ2n) is 5.86. The number of hydrogen-bond donors (Lipinski definition) is 1. The van der Waals surface area contributed by atoms with Crippen LogP contribution in [0.15, 0.2) is 0 Å². The standard InChI is InChI=1S/C14H19N3S/c1-8(12-6-10-3-4-11(12)5-10)16-14-13(7-15)9(2)17-18-14/h8,10-12,16H,3-6H2,1-2H3. The molecule has 4 atom stereocenters. The number of rotatable bonds is 3. The maximum absolute atomic E-state index is 9.15. The molecule has 1 aromatic heterocycles. The van der Waals surface area contributed by atoms with Crippen LogP contribution in [0.2, 0.25) is 0 Å². The van der Waals surface area contributed by atoms with Gasteiger partial charge in [-0.2, -0.15) is 9.64 Å². The van der Waals surface area contributed by atoms with Gasteiger partial charge in [-0.1, -0.05) is 6.42 Å². The summed E-state index contributed by atoms with van der Waals surface area (Å²) in [6, 6.07) is 2.72. The minimum atomic E-state index is 0.465. The first-order valence-corrected chi connectivity index (χ1v) is 7.59. The van der Waals surface area contributed by atoms with Crippen LogP contribution in [0.1, 0.15) is 43.9 Å². The summed E-state index contributed by atoms with van der Waals surface area (Å²) in [5.74, 6) is 2.68. The van der Waals surface area contributed by atoms with Gasteiger partial charge in [0.1, 0.15) is 16.6 Å². The quantitative estimate of drug-likeness (QED) is 0.905. The number of nitrogens with one attached hydrogen (secondary N) is 1. The molecule has 2 bridgehead atoms. The van der Waals surface area contributed by atoms with Crippen molar-refractivity contribution in [3.05, 3.63) is 11.3 Å².